The molecule has 0 aliphatic rings. The van der Waals surface area contributed by atoms with E-state index >= 15 is 0 Å². The maximum absolute atomic E-state index is 12.7. The number of benzene rings is 3. The van der Waals surface area contributed by atoms with Crippen molar-refractivity contribution in [2.75, 3.05) is 10.6 Å². The third kappa shape index (κ3) is 7.12. The third-order valence-corrected chi connectivity index (χ3v) is 6.02. The molecule has 190 valence electrons. The van der Waals surface area contributed by atoms with E-state index in [9.17, 15) is 19.2 Å². The minimum absolute atomic E-state index is 0.149. The molecule has 0 aliphatic heterocycles. The van der Waals surface area contributed by atoms with Gasteiger partial charge in [-0.2, -0.15) is 5.10 Å². The summed E-state index contributed by atoms with van der Waals surface area (Å²) < 4.78 is 5.28. The van der Waals surface area contributed by atoms with Crippen LogP contribution in [-0.2, 0) is 9.59 Å². The Hall–Kier alpha value is -4.80. The van der Waals surface area contributed by atoms with Crippen LogP contribution < -0.4 is 20.8 Å². The van der Waals surface area contributed by atoms with Gasteiger partial charge in [0, 0.05) is 10.7 Å². The van der Waals surface area contributed by atoms with Gasteiger partial charge in [0.25, 0.3) is 5.91 Å². The summed E-state index contributed by atoms with van der Waals surface area (Å²) in [6.45, 7) is 0. The molecule has 4 aromatic rings. The molecule has 1 aromatic heterocycles. The third-order valence-electron chi connectivity index (χ3n) is 4.92. The highest BCUT2D eigenvalue weighted by atomic mass is 35.5. The molecule has 0 unspecified atom stereocenters. The van der Waals surface area contributed by atoms with Gasteiger partial charge in [0.1, 0.15) is 10.6 Å². The number of carbonyl (C=O) groups is 4. The van der Waals surface area contributed by atoms with Crippen molar-refractivity contribution in [3.8, 4) is 5.75 Å². The number of hydrogen-bond acceptors (Lipinski definition) is 7. The van der Waals surface area contributed by atoms with E-state index < -0.39 is 23.7 Å². The van der Waals surface area contributed by atoms with Gasteiger partial charge >= 0.3 is 17.8 Å². The second-order valence-electron chi connectivity index (χ2n) is 7.60. The lowest BCUT2D eigenvalue weighted by Crippen LogP contribution is -2.33. The van der Waals surface area contributed by atoms with Gasteiger partial charge in [0.15, 0.2) is 0 Å². The van der Waals surface area contributed by atoms with E-state index in [2.05, 4.69) is 21.2 Å². The first-order valence-electron chi connectivity index (χ1n) is 11.0. The zero-order valence-corrected chi connectivity index (χ0v) is 21.1. The summed E-state index contributed by atoms with van der Waals surface area (Å²) in [6, 6.07) is 22.6. The summed E-state index contributed by atoms with van der Waals surface area (Å²) in [4.78, 5) is 49.8. The van der Waals surface area contributed by atoms with E-state index in [0.717, 1.165) is 0 Å². The van der Waals surface area contributed by atoms with Crippen LogP contribution in [-0.4, -0.2) is 29.9 Å². The van der Waals surface area contributed by atoms with E-state index in [4.69, 9.17) is 16.3 Å². The van der Waals surface area contributed by atoms with Crippen molar-refractivity contribution < 1.29 is 23.9 Å². The van der Waals surface area contributed by atoms with Crippen LogP contribution in [0.4, 0.5) is 11.4 Å². The molecule has 0 fully saturated rings. The molecule has 0 spiro atoms. The van der Waals surface area contributed by atoms with Crippen LogP contribution in [0.2, 0.25) is 5.02 Å². The lowest BCUT2D eigenvalue weighted by molar-refractivity contribution is -0.136. The van der Waals surface area contributed by atoms with E-state index in [1.807, 2.05) is 0 Å². The van der Waals surface area contributed by atoms with Gasteiger partial charge in [-0.05, 0) is 77.7 Å². The number of anilines is 2. The summed E-state index contributed by atoms with van der Waals surface area (Å²) in [5.41, 5.74) is 3.54. The first-order valence-corrected chi connectivity index (χ1v) is 12.3. The normalized spacial score (nSPS) is 10.6. The smallest absolute Gasteiger partial charge is 0.353 e. The van der Waals surface area contributed by atoms with Crippen molar-refractivity contribution in [1.82, 2.24) is 5.43 Å². The van der Waals surface area contributed by atoms with Crippen molar-refractivity contribution in [3.63, 3.8) is 0 Å². The molecular weight excluding hydrogens is 528 g/mol. The van der Waals surface area contributed by atoms with Crippen molar-refractivity contribution in [2.45, 2.75) is 0 Å². The molecule has 3 N–H and O–H groups in total. The van der Waals surface area contributed by atoms with Crippen LogP contribution in [0.5, 0.6) is 5.75 Å². The number of halogens is 1. The van der Waals surface area contributed by atoms with Crippen LogP contribution >= 0.6 is 22.9 Å². The highest BCUT2D eigenvalue weighted by Crippen LogP contribution is 2.19. The molecular formula is C27H19ClN4O5S. The van der Waals surface area contributed by atoms with Crippen molar-refractivity contribution >= 4 is 64.2 Å². The first-order chi connectivity index (χ1) is 18.4. The SMILES string of the molecule is O=C(N/N=C\c1ccc(OC(=O)c2cccs2)cc1)C(=O)Nc1ccccc1C(=O)Nc1ccc(Cl)cc1. The van der Waals surface area contributed by atoms with Gasteiger partial charge in [-0.15, -0.1) is 11.3 Å². The molecule has 11 heteroatoms. The number of rotatable bonds is 7. The molecule has 1 heterocycles. The molecule has 0 radical (unpaired) electrons. The van der Waals surface area contributed by atoms with Crippen molar-refractivity contribution in [3.05, 3.63) is 111 Å². The number of nitrogens with zero attached hydrogens (tertiary/aromatic N) is 1. The Morgan fingerprint density at radius 3 is 2.26 bits per heavy atom. The quantitative estimate of drug-likeness (QED) is 0.0992. The second-order valence-corrected chi connectivity index (χ2v) is 8.98. The standard InChI is InChI=1S/C27H19ClN4O5S/c28-18-9-11-19(12-10-18)30-24(33)21-4-1-2-5-22(21)31-25(34)26(35)32-29-16-17-7-13-20(14-8-17)37-27(36)23-6-3-15-38-23/h1-16H,(H,30,33)(H,31,34)(H,32,35)/b29-16-. The molecule has 9 nitrogen and oxygen atoms in total. The van der Waals surface area contributed by atoms with Gasteiger partial charge in [0.2, 0.25) is 0 Å². The Kier molecular flexibility index (Phi) is 8.60. The average Bonchev–Trinajstić information content (AvgIpc) is 3.47. The van der Waals surface area contributed by atoms with Gasteiger partial charge in [-0.1, -0.05) is 29.8 Å². The van der Waals surface area contributed by atoms with Gasteiger partial charge in [0.05, 0.1) is 17.5 Å². The Balaban J connectivity index is 1.31. The van der Waals surface area contributed by atoms with E-state index in [0.29, 0.717) is 26.9 Å². The monoisotopic (exact) mass is 546 g/mol. The second kappa shape index (κ2) is 12.4. The molecule has 0 bridgehead atoms. The maximum atomic E-state index is 12.7. The molecule has 38 heavy (non-hydrogen) atoms. The fourth-order valence-corrected chi connectivity index (χ4v) is 3.82. The van der Waals surface area contributed by atoms with Crippen LogP contribution in [0.3, 0.4) is 0 Å². The minimum Gasteiger partial charge on any atom is -0.422 e. The zero-order chi connectivity index (χ0) is 26.9. The number of ether oxygens (including phenoxy) is 1. The molecule has 0 aliphatic carbocycles. The average molecular weight is 547 g/mol. The largest absolute Gasteiger partial charge is 0.422 e. The molecule has 4 rings (SSSR count). The van der Waals surface area contributed by atoms with E-state index in [1.54, 1.807) is 78.2 Å². The van der Waals surface area contributed by atoms with Crippen LogP contribution in [0, 0.1) is 0 Å². The Morgan fingerprint density at radius 2 is 1.55 bits per heavy atom. The van der Waals surface area contributed by atoms with Crippen LogP contribution in [0.25, 0.3) is 0 Å². The van der Waals surface area contributed by atoms with Crippen LogP contribution in [0.1, 0.15) is 25.6 Å². The fraction of sp³-hybridized carbons (Fsp3) is 0. The summed E-state index contributed by atoms with van der Waals surface area (Å²) in [7, 11) is 0. The number of para-hydroxylation sites is 1. The minimum atomic E-state index is -1.03. The summed E-state index contributed by atoms with van der Waals surface area (Å²) in [5.74, 6) is -2.63. The highest BCUT2D eigenvalue weighted by molar-refractivity contribution is 7.12. The number of thiophene rings is 1. The first kappa shape index (κ1) is 26.3. The van der Waals surface area contributed by atoms with E-state index in [-0.39, 0.29) is 11.3 Å². The lowest BCUT2D eigenvalue weighted by atomic mass is 10.1. The lowest BCUT2D eigenvalue weighted by Gasteiger charge is -2.11. The van der Waals surface area contributed by atoms with Crippen LogP contribution in [0.15, 0.2) is 95.4 Å². The number of carbonyl (C=O) groups excluding carboxylic acids is 4. The Bertz CT molecular complexity index is 1490. The summed E-state index contributed by atoms with van der Waals surface area (Å²) >= 11 is 7.14. The predicted octanol–water partition coefficient (Wildman–Crippen LogP) is 4.96. The molecule has 3 aromatic carbocycles. The molecule has 0 atom stereocenters. The Morgan fingerprint density at radius 1 is 0.816 bits per heavy atom. The number of nitrogens with one attached hydrogen (secondary N) is 3. The number of hydrogen-bond donors (Lipinski definition) is 3. The van der Waals surface area contributed by atoms with Gasteiger partial charge in [-0.25, -0.2) is 10.2 Å². The zero-order valence-electron chi connectivity index (χ0n) is 19.5. The van der Waals surface area contributed by atoms with E-state index in [1.165, 1.54) is 29.7 Å². The molecule has 3 amide bonds. The molecule has 0 saturated carbocycles. The predicted molar refractivity (Wildman–Crippen MR) is 146 cm³/mol. The van der Waals surface area contributed by atoms with Crippen molar-refractivity contribution in [1.29, 1.82) is 0 Å². The summed E-state index contributed by atoms with van der Waals surface area (Å²) in [6.07, 6.45) is 1.32. The van der Waals surface area contributed by atoms with Crippen molar-refractivity contribution in [2.24, 2.45) is 5.10 Å². The van der Waals surface area contributed by atoms with Gasteiger partial charge < -0.3 is 15.4 Å². The molecule has 0 saturated heterocycles. The van der Waals surface area contributed by atoms with Gasteiger partial charge in [-0.3, -0.25) is 14.4 Å². The highest BCUT2D eigenvalue weighted by Gasteiger charge is 2.18. The number of hydrazone groups is 1. The topological polar surface area (TPSA) is 126 Å². The Labute approximate surface area is 226 Å². The fourth-order valence-electron chi connectivity index (χ4n) is 3.09. The maximum Gasteiger partial charge on any atom is 0.353 e. The number of esters is 1. The summed E-state index contributed by atoms with van der Waals surface area (Å²) in [5, 5.41) is 11.2. The number of amides is 3.